The number of hydrogen-bond donors (Lipinski definition) is 2. The van der Waals surface area contributed by atoms with E-state index in [9.17, 15) is 19.7 Å². The van der Waals surface area contributed by atoms with E-state index in [2.05, 4.69) is 31.5 Å². The second-order valence-corrected chi connectivity index (χ2v) is 5.81. The molecule has 0 spiro atoms. The van der Waals surface area contributed by atoms with Crippen molar-refractivity contribution in [1.29, 1.82) is 0 Å². The van der Waals surface area contributed by atoms with Gasteiger partial charge >= 0.3 is 5.00 Å². The van der Waals surface area contributed by atoms with Gasteiger partial charge in [0.25, 0.3) is 5.91 Å². The first kappa shape index (κ1) is 16.0. The quantitative estimate of drug-likeness (QED) is 0.620. The number of anilines is 2. The number of nitro groups is 1. The Morgan fingerprint density at radius 3 is 2.41 bits per heavy atom. The maximum atomic E-state index is 12.0. The Bertz CT molecular complexity index is 744. The molecule has 0 saturated heterocycles. The number of halogens is 1. The van der Waals surface area contributed by atoms with Crippen LogP contribution in [0.15, 0.2) is 28.9 Å². The van der Waals surface area contributed by atoms with Gasteiger partial charge in [0.15, 0.2) is 9.73 Å². The molecule has 0 aliphatic heterocycles. The molecule has 0 bridgehead atoms. The lowest BCUT2D eigenvalue weighted by atomic mass is 10.2. The van der Waals surface area contributed by atoms with E-state index in [0.29, 0.717) is 11.3 Å². The van der Waals surface area contributed by atoms with Crippen molar-refractivity contribution in [3.63, 3.8) is 0 Å². The molecule has 2 amide bonds. The summed E-state index contributed by atoms with van der Waals surface area (Å²) in [5.74, 6) is -0.664. The number of nitrogens with zero attached hydrogens (tertiary/aromatic N) is 2. The van der Waals surface area contributed by atoms with Crippen LogP contribution >= 0.6 is 27.3 Å². The molecule has 1 aromatic carbocycles. The molecular formula is C12H9BrN4O4S. The van der Waals surface area contributed by atoms with Gasteiger partial charge in [0.1, 0.15) is 0 Å². The van der Waals surface area contributed by atoms with Crippen LogP contribution in [0.2, 0.25) is 0 Å². The summed E-state index contributed by atoms with van der Waals surface area (Å²) in [5, 5.41) is 15.7. The smallest absolute Gasteiger partial charge is 0.326 e. The molecule has 0 aliphatic carbocycles. The summed E-state index contributed by atoms with van der Waals surface area (Å²) in [4.78, 5) is 36.9. The summed E-state index contributed by atoms with van der Waals surface area (Å²) in [6.45, 7) is 1.38. The minimum atomic E-state index is -0.584. The summed E-state index contributed by atoms with van der Waals surface area (Å²) >= 11 is 3.72. The standard InChI is InChI=1S/C12H9BrN4O4S/c1-6(18)14-8-4-2-7(3-5-8)10(19)16-12-15-9(13)11(22-12)17(20)21/h2-5H,1H3,(H,14,18)(H,15,16,19). The van der Waals surface area contributed by atoms with Gasteiger partial charge in [0.2, 0.25) is 5.91 Å². The van der Waals surface area contributed by atoms with Crippen LogP contribution in [-0.4, -0.2) is 21.7 Å². The number of rotatable bonds is 4. The minimum absolute atomic E-state index is 0.0683. The Labute approximate surface area is 136 Å². The second kappa shape index (κ2) is 6.62. The van der Waals surface area contributed by atoms with Gasteiger partial charge in [-0.1, -0.05) is 0 Å². The van der Waals surface area contributed by atoms with Gasteiger partial charge in [-0.25, -0.2) is 4.98 Å². The fourth-order valence-corrected chi connectivity index (χ4v) is 2.89. The molecule has 2 N–H and O–H groups in total. The molecule has 0 atom stereocenters. The van der Waals surface area contributed by atoms with Crippen molar-refractivity contribution in [1.82, 2.24) is 4.98 Å². The molecular weight excluding hydrogens is 376 g/mol. The van der Waals surface area contributed by atoms with Crippen LogP contribution in [0.4, 0.5) is 15.8 Å². The first-order valence-electron chi connectivity index (χ1n) is 5.86. The summed E-state index contributed by atoms with van der Waals surface area (Å²) < 4.78 is 0.0683. The van der Waals surface area contributed by atoms with Gasteiger partial charge in [0.05, 0.1) is 4.92 Å². The zero-order valence-electron chi connectivity index (χ0n) is 11.1. The van der Waals surface area contributed by atoms with E-state index < -0.39 is 10.8 Å². The largest absolute Gasteiger partial charge is 0.360 e. The highest BCUT2D eigenvalue weighted by atomic mass is 79.9. The molecule has 2 aromatic rings. The van der Waals surface area contributed by atoms with Crippen molar-refractivity contribution < 1.29 is 14.5 Å². The molecule has 0 fully saturated rings. The normalized spacial score (nSPS) is 10.1. The average molecular weight is 385 g/mol. The second-order valence-electron chi connectivity index (χ2n) is 4.08. The van der Waals surface area contributed by atoms with Crippen molar-refractivity contribution in [2.24, 2.45) is 0 Å². The van der Waals surface area contributed by atoms with Crippen LogP contribution in [0.3, 0.4) is 0 Å². The first-order valence-corrected chi connectivity index (χ1v) is 7.47. The number of thiazole rings is 1. The molecule has 0 radical (unpaired) electrons. The fourth-order valence-electron chi connectivity index (χ4n) is 1.54. The Balaban J connectivity index is 2.10. The molecule has 8 nitrogen and oxygen atoms in total. The summed E-state index contributed by atoms with van der Waals surface area (Å²) in [7, 11) is 0. The van der Waals surface area contributed by atoms with Crippen molar-refractivity contribution in [3.05, 3.63) is 44.5 Å². The summed E-state index contributed by atoms with van der Waals surface area (Å²) in [6, 6.07) is 6.21. The van der Waals surface area contributed by atoms with Gasteiger partial charge in [-0.2, -0.15) is 0 Å². The van der Waals surface area contributed by atoms with E-state index in [-0.39, 0.29) is 20.6 Å². The highest BCUT2D eigenvalue weighted by Crippen LogP contribution is 2.34. The number of carbonyl (C=O) groups excluding carboxylic acids is 2. The number of benzene rings is 1. The molecule has 0 saturated carbocycles. The molecule has 2 rings (SSSR count). The van der Waals surface area contributed by atoms with Crippen LogP contribution in [0.1, 0.15) is 17.3 Å². The van der Waals surface area contributed by atoms with Crippen molar-refractivity contribution in [3.8, 4) is 0 Å². The molecule has 0 aliphatic rings. The molecule has 22 heavy (non-hydrogen) atoms. The van der Waals surface area contributed by atoms with Crippen LogP contribution in [0.25, 0.3) is 0 Å². The van der Waals surface area contributed by atoms with E-state index in [4.69, 9.17) is 0 Å². The van der Waals surface area contributed by atoms with E-state index in [1.165, 1.54) is 19.1 Å². The van der Waals surface area contributed by atoms with Crippen LogP contribution in [0.5, 0.6) is 0 Å². The molecule has 10 heteroatoms. The van der Waals surface area contributed by atoms with Crippen LogP contribution < -0.4 is 10.6 Å². The predicted molar refractivity (Wildman–Crippen MR) is 85.2 cm³/mol. The van der Waals surface area contributed by atoms with Crippen LogP contribution in [-0.2, 0) is 4.79 Å². The minimum Gasteiger partial charge on any atom is -0.326 e. The zero-order valence-corrected chi connectivity index (χ0v) is 13.5. The first-order chi connectivity index (χ1) is 10.4. The van der Waals surface area contributed by atoms with E-state index >= 15 is 0 Å². The third-order valence-corrected chi connectivity index (χ3v) is 4.16. The Kier molecular flexibility index (Phi) is 4.83. The predicted octanol–water partition coefficient (Wildman–Crippen LogP) is 3.02. The number of hydrogen-bond acceptors (Lipinski definition) is 6. The Morgan fingerprint density at radius 2 is 1.91 bits per heavy atom. The number of carbonyl (C=O) groups is 2. The molecule has 1 heterocycles. The lowest BCUT2D eigenvalue weighted by molar-refractivity contribution is -0.381. The Morgan fingerprint density at radius 1 is 1.27 bits per heavy atom. The molecule has 1 aromatic heterocycles. The van der Waals surface area contributed by atoms with Gasteiger partial charge in [-0.05, 0) is 51.5 Å². The van der Waals surface area contributed by atoms with E-state index in [1.807, 2.05) is 0 Å². The van der Waals surface area contributed by atoms with Crippen LogP contribution in [0, 0.1) is 10.1 Å². The number of aromatic nitrogens is 1. The SMILES string of the molecule is CC(=O)Nc1ccc(C(=O)Nc2nc(Br)c([N+](=O)[O-])s2)cc1. The third-order valence-electron chi connectivity index (χ3n) is 2.42. The fraction of sp³-hybridized carbons (Fsp3) is 0.0833. The topological polar surface area (TPSA) is 114 Å². The summed E-state index contributed by atoms with van der Waals surface area (Å²) in [6.07, 6.45) is 0. The van der Waals surface area contributed by atoms with Crippen molar-refractivity contribution in [2.75, 3.05) is 10.6 Å². The van der Waals surface area contributed by atoms with Gasteiger partial charge in [-0.15, -0.1) is 0 Å². The highest BCUT2D eigenvalue weighted by Gasteiger charge is 2.20. The van der Waals surface area contributed by atoms with Gasteiger partial charge in [0, 0.05) is 18.2 Å². The third kappa shape index (κ3) is 3.86. The monoisotopic (exact) mass is 384 g/mol. The Hall–Kier alpha value is -2.33. The lowest BCUT2D eigenvalue weighted by Crippen LogP contribution is -2.12. The maximum absolute atomic E-state index is 12.0. The molecule has 114 valence electrons. The lowest BCUT2D eigenvalue weighted by Gasteiger charge is -2.04. The average Bonchev–Trinajstić information content (AvgIpc) is 2.79. The van der Waals surface area contributed by atoms with Gasteiger partial charge in [-0.3, -0.25) is 25.0 Å². The highest BCUT2D eigenvalue weighted by molar-refractivity contribution is 9.10. The van der Waals surface area contributed by atoms with Crippen molar-refractivity contribution >= 4 is 54.9 Å². The van der Waals surface area contributed by atoms with E-state index in [0.717, 1.165) is 11.3 Å². The number of nitrogens with one attached hydrogen (secondary N) is 2. The summed E-state index contributed by atoms with van der Waals surface area (Å²) in [5.41, 5.74) is 0.903. The zero-order chi connectivity index (χ0) is 16.3. The molecule has 0 unspecified atom stereocenters. The maximum Gasteiger partial charge on any atom is 0.360 e. The van der Waals surface area contributed by atoms with Crippen molar-refractivity contribution in [2.45, 2.75) is 6.92 Å². The van der Waals surface area contributed by atoms with E-state index in [1.54, 1.807) is 12.1 Å². The van der Waals surface area contributed by atoms with Gasteiger partial charge < -0.3 is 5.32 Å². The number of amides is 2.